The molecule has 1 unspecified atom stereocenters. The first-order valence-corrected chi connectivity index (χ1v) is 10.3. The van der Waals surface area contributed by atoms with Gasteiger partial charge in [0.2, 0.25) is 0 Å². The SMILES string of the molecule is CC(OC(=O)c1c(Cl)cccc1Cl)C(=O)Nc1ccc2c(c1)C(=O)c1ccccc1C2=O. The van der Waals surface area contributed by atoms with Crippen molar-refractivity contribution in [3.63, 3.8) is 0 Å². The maximum Gasteiger partial charge on any atom is 0.341 e. The summed E-state index contributed by atoms with van der Waals surface area (Å²) in [5, 5.41) is 2.80. The number of nitrogens with one attached hydrogen (secondary N) is 1. The molecule has 0 aromatic heterocycles. The molecule has 0 aliphatic heterocycles. The van der Waals surface area contributed by atoms with Gasteiger partial charge in [-0.3, -0.25) is 14.4 Å². The summed E-state index contributed by atoms with van der Waals surface area (Å²) in [6.45, 7) is 1.39. The molecular weight excluding hydrogens is 453 g/mol. The van der Waals surface area contributed by atoms with Crippen LogP contribution < -0.4 is 5.32 Å². The van der Waals surface area contributed by atoms with Gasteiger partial charge >= 0.3 is 5.97 Å². The van der Waals surface area contributed by atoms with Crippen LogP contribution in [0.25, 0.3) is 0 Å². The molecule has 1 aliphatic carbocycles. The minimum absolute atomic E-state index is 0.0351. The normalized spacial score (nSPS) is 13.1. The van der Waals surface area contributed by atoms with Gasteiger partial charge in [0.1, 0.15) is 0 Å². The van der Waals surface area contributed by atoms with Gasteiger partial charge in [-0.05, 0) is 37.3 Å². The lowest BCUT2D eigenvalue weighted by atomic mass is 9.84. The highest BCUT2D eigenvalue weighted by molar-refractivity contribution is 6.39. The van der Waals surface area contributed by atoms with Crippen molar-refractivity contribution in [1.29, 1.82) is 0 Å². The topological polar surface area (TPSA) is 89.5 Å². The molecule has 6 nitrogen and oxygen atoms in total. The molecule has 8 heteroatoms. The predicted octanol–water partition coefficient (Wildman–Crippen LogP) is 4.95. The number of fused-ring (bicyclic) bond motifs is 2. The molecule has 4 rings (SSSR count). The van der Waals surface area contributed by atoms with E-state index in [2.05, 4.69) is 5.32 Å². The Kier molecular flexibility index (Phi) is 5.82. The lowest BCUT2D eigenvalue weighted by molar-refractivity contribution is -0.123. The van der Waals surface area contributed by atoms with Crippen molar-refractivity contribution in [2.24, 2.45) is 0 Å². The van der Waals surface area contributed by atoms with Crippen LogP contribution in [0.5, 0.6) is 0 Å². The zero-order valence-electron chi connectivity index (χ0n) is 16.6. The van der Waals surface area contributed by atoms with Crippen molar-refractivity contribution < 1.29 is 23.9 Å². The van der Waals surface area contributed by atoms with Crippen LogP contribution in [0, 0.1) is 0 Å². The monoisotopic (exact) mass is 467 g/mol. The number of amides is 1. The average Bonchev–Trinajstić information content (AvgIpc) is 2.77. The molecule has 0 saturated carbocycles. The van der Waals surface area contributed by atoms with E-state index in [0.29, 0.717) is 11.1 Å². The van der Waals surface area contributed by atoms with Gasteiger partial charge < -0.3 is 10.1 Å². The van der Waals surface area contributed by atoms with Crippen molar-refractivity contribution >= 4 is 52.3 Å². The molecule has 1 atom stereocenters. The fraction of sp³-hybridized carbons (Fsp3) is 0.0833. The Labute approximate surface area is 193 Å². The molecule has 0 bridgehead atoms. The summed E-state index contributed by atoms with van der Waals surface area (Å²) in [4.78, 5) is 50.5. The molecular formula is C24H15Cl2NO5. The number of carbonyl (C=O) groups is 4. The summed E-state index contributed by atoms with van der Waals surface area (Å²) >= 11 is 12.0. The number of anilines is 1. The van der Waals surface area contributed by atoms with Crippen LogP contribution in [-0.4, -0.2) is 29.5 Å². The fourth-order valence-corrected chi connectivity index (χ4v) is 3.94. The van der Waals surface area contributed by atoms with Crippen LogP contribution in [0.15, 0.2) is 60.7 Å². The van der Waals surface area contributed by atoms with Crippen molar-refractivity contribution in [2.45, 2.75) is 13.0 Å². The van der Waals surface area contributed by atoms with E-state index in [9.17, 15) is 19.2 Å². The van der Waals surface area contributed by atoms with E-state index < -0.39 is 18.0 Å². The first-order valence-electron chi connectivity index (χ1n) is 9.56. The molecule has 0 fully saturated rings. The Hall–Kier alpha value is -3.48. The Morgan fingerprint density at radius 3 is 2.00 bits per heavy atom. The number of halogens is 2. The summed E-state index contributed by atoms with van der Waals surface area (Å²) in [5.41, 5.74) is 1.37. The Morgan fingerprint density at radius 2 is 1.38 bits per heavy atom. The van der Waals surface area contributed by atoms with E-state index in [0.717, 1.165) is 0 Å². The minimum Gasteiger partial charge on any atom is -0.449 e. The van der Waals surface area contributed by atoms with Crippen LogP contribution >= 0.6 is 23.2 Å². The first kappa shape index (κ1) is 21.7. The molecule has 1 N–H and O–H groups in total. The molecule has 0 spiro atoms. The maximum absolute atomic E-state index is 12.8. The third-order valence-electron chi connectivity index (χ3n) is 5.01. The van der Waals surface area contributed by atoms with Crippen LogP contribution in [0.4, 0.5) is 5.69 Å². The predicted molar refractivity (Wildman–Crippen MR) is 120 cm³/mol. The van der Waals surface area contributed by atoms with E-state index in [1.807, 2.05) is 0 Å². The van der Waals surface area contributed by atoms with Crippen LogP contribution in [0.2, 0.25) is 10.0 Å². The van der Waals surface area contributed by atoms with Crippen LogP contribution in [0.3, 0.4) is 0 Å². The number of hydrogen-bond acceptors (Lipinski definition) is 5. The van der Waals surface area contributed by atoms with Gasteiger partial charge in [-0.25, -0.2) is 4.79 Å². The van der Waals surface area contributed by atoms with E-state index in [1.54, 1.807) is 30.3 Å². The average molecular weight is 468 g/mol. The minimum atomic E-state index is -1.18. The molecule has 32 heavy (non-hydrogen) atoms. The van der Waals surface area contributed by atoms with Gasteiger partial charge in [-0.2, -0.15) is 0 Å². The number of ether oxygens (including phenoxy) is 1. The standard InChI is InChI=1S/C24H15Cl2NO5/c1-12(32-24(31)20-18(25)7-4-8-19(20)26)23(30)27-13-9-10-16-17(11-13)22(29)15-6-3-2-5-14(15)21(16)28/h2-12H,1H3,(H,27,30). The number of carbonyl (C=O) groups excluding carboxylic acids is 4. The number of benzene rings is 3. The lowest BCUT2D eigenvalue weighted by Gasteiger charge is -2.19. The van der Waals surface area contributed by atoms with Crippen molar-refractivity contribution in [3.05, 3.63) is 98.5 Å². The zero-order chi connectivity index (χ0) is 23.0. The second-order valence-electron chi connectivity index (χ2n) is 7.10. The number of hydrogen-bond donors (Lipinski definition) is 1. The highest BCUT2D eigenvalue weighted by atomic mass is 35.5. The molecule has 1 amide bonds. The van der Waals surface area contributed by atoms with E-state index >= 15 is 0 Å². The summed E-state index contributed by atoms with van der Waals surface area (Å²) in [7, 11) is 0. The summed E-state index contributed by atoms with van der Waals surface area (Å²) < 4.78 is 5.19. The third kappa shape index (κ3) is 3.90. The van der Waals surface area contributed by atoms with E-state index in [-0.39, 0.29) is 44.0 Å². The van der Waals surface area contributed by atoms with Gasteiger partial charge in [0, 0.05) is 27.9 Å². The van der Waals surface area contributed by atoms with Gasteiger partial charge in [0.25, 0.3) is 5.91 Å². The number of rotatable bonds is 4. The Bertz CT molecular complexity index is 1280. The second-order valence-corrected chi connectivity index (χ2v) is 7.91. The van der Waals surface area contributed by atoms with Crippen molar-refractivity contribution in [1.82, 2.24) is 0 Å². The number of esters is 1. The smallest absolute Gasteiger partial charge is 0.341 e. The van der Waals surface area contributed by atoms with Gasteiger partial charge in [-0.15, -0.1) is 0 Å². The summed E-state index contributed by atoms with van der Waals surface area (Å²) in [5.74, 6) is -2.03. The lowest BCUT2D eigenvalue weighted by Crippen LogP contribution is -2.30. The zero-order valence-corrected chi connectivity index (χ0v) is 18.2. The third-order valence-corrected chi connectivity index (χ3v) is 5.64. The largest absolute Gasteiger partial charge is 0.449 e. The van der Waals surface area contributed by atoms with Crippen LogP contribution in [-0.2, 0) is 9.53 Å². The Morgan fingerprint density at radius 1 is 0.812 bits per heavy atom. The number of ketones is 2. The first-order chi connectivity index (χ1) is 15.3. The van der Waals surface area contributed by atoms with Gasteiger partial charge in [-0.1, -0.05) is 53.5 Å². The van der Waals surface area contributed by atoms with Gasteiger partial charge in [0.05, 0.1) is 15.6 Å². The van der Waals surface area contributed by atoms with E-state index in [4.69, 9.17) is 27.9 Å². The fourth-order valence-electron chi connectivity index (χ4n) is 3.39. The molecule has 3 aromatic carbocycles. The summed E-state index contributed by atoms with van der Waals surface area (Å²) in [6, 6.07) is 15.6. The summed E-state index contributed by atoms with van der Waals surface area (Å²) in [6.07, 6.45) is -1.18. The highest BCUT2D eigenvalue weighted by Crippen LogP contribution is 2.29. The van der Waals surface area contributed by atoms with Crippen molar-refractivity contribution in [3.8, 4) is 0 Å². The Balaban J connectivity index is 1.51. The molecule has 0 heterocycles. The molecule has 160 valence electrons. The molecule has 0 radical (unpaired) electrons. The van der Waals surface area contributed by atoms with Crippen molar-refractivity contribution in [2.75, 3.05) is 5.32 Å². The molecule has 0 saturated heterocycles. The maximum atomic E-state index is 12.8. The van der Waals surface area contributed by atoms with Gasteiger partial charge in [0.15, 0.2) is 17.7 Å². The molecule has 3 aromatic rings. The quantitative estimate of drug-likeness (QED) is 0.428. The molecule has 1 aliphatic rings. The van der Waals surface area contributed by atoms with E-state index in [1.165, 1.54) is 37.3 Å². The highest BCUT2D eigenvalue weighted by Gasteiger charge is 2.30. The van der Waals surface area contributed by atoms with Crippen LogP contribution in [0.1, 0.15) is 49.1 Å². The second kappa shape index (κ2) is 8.57.